The zero-order valence-corrected chi connectivity index (χ0v) is 10.2. The summed E-state index contributed by atoms with van der Waals surface area (Å²) in [5.74, 6) is 0. The monoisotopic (exact) mass is 250 g/mol. The van der Waals surface area contributed by atoms with E-state index in [-0.39, 0.29) is 6.61 Å². The lowest BCUT2D eigenvalue weighted by atomic mass is 10.2. The van der Waals surface area contributed by atoms with E-state index >= 15 is 0 Å². The summed E-state index contributed by atoms with van der Waals surface area (Å²) in [6, 6.07) is 3.68. The average molecular weight is 250 g/mol. The lowest BCUT2D eigenvalue weighted by molar-refractivity contribution is 0.283. The molecule has 0 atom stereocenters. The van der Waals surface area contributed by atoms with Crippen molar-refractivity contribution in [2.24, 2.45) is 0 Å². The highest BCUT2D eigenvalue weighted by Gasteiger charge is 2.09. The maximum atomic E-state index is 8.67. The Morgan fingerprint density at radius 2 is 1.89 bits per heavy atom. The van der Waals surface area contributed by atoms with Gasteiger partial charge in [0.2, 0.25) is 0 Å². The first-order valence-electron chi connectivity index (χ1n) is 6.18. The van der Waals surface area contributed by atoms with Crippen molar-refractivity contribution in [1.82, 2.24) is 10.3 Å². The molecule has 18 heavy (non-hydrogen) atoms. The van der Waals surface area contributed by atoms with Crippen molar-refractivity contribution in [3.8, 4) is 0 Å². The van der Waals surface area contributed by atoms with Crippen LogP contribution in [0.1, 0.15) is 25.7 Å². The fraction of sp³-hybridized carbons (Fsp3) is 0.500. The summed E-state index contributed by atoms with van der Waals surface area (Å²) in [6.07, 6.45) is 4.08. The quantitative estimate of drug-likeness (QED) is 0.512. The molecule has 2 rings (SSSR count). The second kappa shape index (κ2) is 6.20. The van der Waals surface area contributed by atoms with Gasteiger partial charge < -0.3 is 16.2 Å². The molecule has 0 amide bonds. The van der Waals surface area contributed by atoms with Crippen LogP contribution in [0.2, 0.25) is 0 Å². The van der Waals surface area contributed by atoms with Gasteiger partial charge in [-0.2, -0.15) is 0 Å². The number of nitrogens with one attached hydrogen (secondary N) is 1. The number of hydrogen-bond acceptors (Lipinski definition) is 6. The SMILES string of the molecule is Nc1ccc(NCCCCCCO)c2nonc12. The maximum Gasteiger partial charge on any atom is 0.160 e. The van der Waals surface area contributed by atoms with Crippen LogP contribution in [0.5, 0.6) is 0 Å². The van der Waals surface area contributed by atoms with Crippen LogP contribution in [0.4, 0.5) is 11.4 Å². The molecule has 0 spiro atoms. The van der Waals surface area contributed by atoms with Gasteiger partial charge in [-0.1, -0.05) is 12.8 Å². The Hall–Kier alpha value is -1.82. The van der Waals surface area contributed by atoms with E-state index in [1.54, 1.807) is 6.07 Å². The second-order valence-corrected chi connectivity index (χ2v) is 4.23. The zero-order chi connectivity index (χ0) is 12.8. The van der Waals surface area contributed by atoms with Crippen LogP contribution < -0.4 is 11.1 Å². The van der Waals surface area contributed by atoms with E-state index in [1.165, 1.54) is 0 Å². The molecule has 4 N–H and O–H groups in total. The fourth-order valence-electron chi connectivity index (χ4n) is 1.84. The molecule has 0 fully saturated rings. The third-order valence-electron chi connectivity index (χ3n) is 2.85. The molecule has 6 nitrogen and oxygen atoms in total. The smallest absolute Gasteiger partial charge is 0.160 e. The summed E-state index contributed by atoms with van der Waals surface area (Å²) in [6.45, 7) is 1.13. The zero-order valence-electron chi connectivity index (χ0n) is 10.2. The van der Waals surface area contributed by atoms with Gasteiger partial charge in [0.1, 0.15) is 0 Å². The lowest BCUT2D eigenvalue weighted by Gasteiger charge is -2.06. The van der Waals surface area contributed by atoms with E-state index in [4.69, 9.17) is 15.5 Å². The largest absolute Gasteiger partial charge is 0.397 e. The minimum atomic E-state index is 0.274. The third-order valence-corrected chi connectivity index (χ3v) is 2.85. The number of aliphatic hydroxyl groups excluding tert-OH is 1. The van der Waals surface area contributed by atoms with Gasteiger partial charge in [0.25, 0.3) is 0 Å². The van der Waals surface area contributed by atoms with Crippen LogP contribution in [-0.4, -0.2) is 28.6 Å². The Kier molecular flexibility index (Phi) is 4.35. The summed E-state index contributed by atoms with van der Waals surface area (Å²) >= 11 is 0. The van der Waals surface area contributed by atoms with E-state index in [1.807, 2.05) is 6.07 Å². The summed E-state index contributed by atoms with van der Waals surface area (Å²) in [4.78, 5) is 0. The lowest BCUT2D eigenvalue weighted by Crippen LogP contribution is -2.02. The van der Waals surface area contributed by atoms with E-state index in [2.05, 4.69) is 15.6 Å². The first-order valence-corrected chi connectivity index (χ1v) is 6.18. The number of nitrogen functional groups attached to an aromatic ring is 1. The molecule has 1 aromatic carbocycles. The topological polar surface area (TPSA) is 97.2 Å². The number of anilines is 2. The molecular formula is C12H18N4O2. The molecule has 2 aromatic rings. The first kappa shape index (κ1) is 12.6. The summed E-state index contributed by atoms with van der Waals surface area (Å²) in [5, 5.41) is 19.6. The number of fused-ring (bicyclic) bond motifs is 1. The molecule has 0 aliphatic rings. The van der Waals surface area contributed by atoms with Crippen molar-refractivity contribution in [3.05, 3.63) is 12.1 Å². The fourth-order valence-corrected chi connectivity index (χ4v) is 1.84. The van der Waals surface area contributed by atoms with Crippen molar-refractivity contribution < 1.29 is 9.74 Å². The highest BCUT2D eigenvalue weighted by Crippen LogP contribution is 2.25. The van der Waals surface area contributed by atoms with Crippen molar-refractivity contribution in [2.45, 2.75) is 25.7 Å². The molecule has 0 aliphatic carbocycles. The van der Waals surface area contributed by atoms with Gasteiger partial charge in [0, 0.05) is 13.2 Å². The Balaban J connectivity index is 1.88. The molecular weight excluding hydrogens is 232 g/mol. The summed E-state index contributed by atoms with van der Waals surface area (Å²) in [5.41, 5.74) is 8.49. The van der Waals surface area contributed by atoms with Gasteiger partial charge in [0.05, 0.1) is 11.4 Å². The second-order valence-electron chi connectivity index (χ2n) is 4.23. The number of hydrogen-bond donors (Lipinski definition) is 3. The minimum absolute atomic E-state index is 0.274. The molecule has 98 valence electrons. The van der Waals surface area contributed by atoms with Crippen molar-refractivity contribution in [2.75, 3.05) is 24.2 Å². The molecule has 0 bridgehead atoms. The van der Waals surface area contributed by atoms with Gasteiger partial charge >= 0.3 is 0 Å². The standard InChI is InChI=1S/C12H18N4O2/c13-9-5-6-10(12-11(9)15-18-16-12)14-7-3-1-2-4-8-17/h5-6,14,17H,1-4,7-8,13H2. The van der Waals surface area contributed by atoms with E-state index in [9.17, 15) is 0 Å². The van der Waals surface area contributed by atoms with Crippen LogP contribution in [0, 0.1) is 0 Å². The van der Waals surface area contributed by atoms with E-state index < -0.39 is 0 Å². The van der Waals surface area contributed by atoms with Crippen molar-refractivity contribution >= 4 is 22.4 Å². The van der Waals surface area contributed by atoms with Gasteiger partial charge in [-0.15, -0.1) is 0 Å². The van der Waals surface area contributed by atoms with Crippen LogP contribution in [0.25, 0.3) is 11.0 Å². The van der Waals surface area contributed by atoms with Gasteiger partial charge in [-0.25, -0.2) is 4.63 Å². The van der Waals surface area contributed by atoms with Crippen LogP contribution in [-0.2, 0) is 0 Å². The van der Waals surface area contributed by atoms with Crippen molar-refractivity contribution in [1.29, 1.82) is 0 Å². The Morgan fingerprint density at radius 3 is 2.72 bits per heavy atom. The number of rotatable bonds is 7. The molecule has 0 unspecified atom stereocenters. The highest BCUT2D eigenvalue weighted by atomic mass is 16.6. The number of aliphatic hydroxyl groups is 1. The van der Waals surface area contributed by atoms with Crippen LogP contribution >= 0.6 is 0 Å². The van der Waals surface area contributed by atoms with Crippen LogP contribution in [0.15, 0.2) is 16.8 Å². The maximum absolute atomic E-state index is 8.67. The predicted octanol–water partition coefficient (Wildman–Crippen LogP) is 1.77. The van der Waals surface area contributed by atoms with Crippen molar-refractivity contribution in [3.63, 3.8) is 0 Å². The summed E-state index contributed by atoms with van der Waals surface area (Å²) in [7, 11) is 0. The Labute approximate surface area is 105 Å². The normalized spacial score (nSPS) is 10.9. The first-order chi connectivity index (χ1) is 8.83. The van der Waals surface area contributed by atoms with E-state index in [0.29, 0.717) is 16.7 Å². The number of nitrogens with zero attached hydrogens (tertiary/aromatic N) is 2. The number of aromatic nitrogens is 2. The predicted molar refractivity (Wildman–Crippen MR) is 70.3 cm³/mol. The highest BCUT2D eigenvalue weighted by molar-refractivity contribution is 5.94. The molecule has 0 radical (unpaired) electrons. The Morgan fingerprint density at radius 1 is 1.11 bits per heavy atom. The molecule has 6 heteroatoms. The molecule has 1 heterocycles. The number of benzene rings is 1. The van der Waals surface area contributed by atoms with Gasteiger partial charge in [0.15, 0.2) is 11.0 Å². The van der Waals surface area contributed by atoms with Gasteiger partial charge in [-0.05, 0) is 35.3 Å². The molecule has 0 saturated carbocycles. The molecule has 0 saturated heterocycles. The number of nitrogens with two attached hydrogens (primary N) is 1. The van der Waals surface area contributed by atoms with Crippen LogP contribution in [0.3, 0.4) is 0 Å². The van der Waals surface area contributed by atoms with E-state index in [0.717, 1.165) is 37.9 Å². The molecule has 0 aliphatic heterocycles. The molecule has 1 aromatic heterocycles. The van der Waals surface area contributed by atoms with Gasteiger partial charge in [-0.3, -0.25) is 0 Å². The number of unbranched alkanes of at least 4 members (excludes halogenated alkanes) is 3. The minimum Gasteiger partial charge on any atom is -0.397 e. The third kappa shape index (κ3) is 2.89. The Bertz CT molecular complexity index is 498. The average Bonchev–Trinajstić information content (AvgIpc) is 2.86. The summed E-state index contributed by atoms with van der Waals surface area (Å²) < 4.78 is 4.70.